The molecule has 0 N–H and O–H groups in total. The van der Waals surface area contributed by atoms with Crippen LogP contribution in [0.4, 0.5) is 0 Å². The van der Waals surface area contributed by atoms with Crippen molar-refractivity contribution in [3.05, 3.63) is 47.5 Å². The van der Waals surface area contributed by atoms with Crippen molar-refractivity contribution < 1.29 is 76.3 Å². The van der Waals surface area contributed by atoms with Crippen LogP contribution in [0.25, 0.3) is 0 Å². The number of rotatable bonds is 11. The molecule has 0 aromatic heterocycles. The van der Waals surface area contributed by atoms with E-state index in [0.29, 0.717) is 5.57 Å². The van der Waals surface area contributed by atoms with Crippen molar-refractivity contribution in [2.75, 3.05) is 20.8 Å². The minimum Gasteiger partial charge on any atom is -0.469 e. The van der Waals surface area contributed by atoms with Crippen LogP contribution in [0.15, 0.2) is 42.0 Å². The smallest absolute Gasteiger partial charge is 0.338 e. The molecule has 1 saturated heterocycles. The Morgan fingerprint density at radius 2 is 1.44 bits per heavy atom. The van der Waals surface area contributed by atoms with Gasteiger partial charge in [-0.1, -0.05) is 44.5 Å². The molecule has 4 fully saturated rings. The van der Waals surface area contributed by atoms with Crippen LogP contribution in [-0.4, -0.2) is 98.6 Å². The zero-order valence-corrected chi connectivity index (χ0v) is 38.2. The minimum absolute atomic E-state index is 0.0124. The lowest BCUT2D eigenvalue weighted by atomic mass is 9.37. The lowest BCUT2D eigenvalue weighted by Gasteiger charge is -2.68. The summed E-state index contributed by atoms with van der Waals surface area (Å²) in [6.45, 7) is 14.7. The number of esters is 8. The Morgan fingerprint density at radius 3 is 2.00 bits per heavy atom. The molecule has 14 atom stereocenters. The molecule has 0 amide bonds. The molecule has 16 heteroatoms. The number of carbonyl (C=O) groups excluding carboxylic acids is 8. The zero-order chi connectivity index (χ0) is 46.8. The van der Waals surface area contributed by atoms with E-state index < -0.39 is 142 Å². The molecule has 344 valence electrons. The van der Waals surface area contributed by atoms with E-state index in [9.17, 15) is 38.4 Å². The highest BCUT2D eigenvalue weighted by atomic mass is 16.6. The van der Waals surface area contributed by atoms with Crippen LogP contribution in [0.2, 0.25) is 0 Å². The third kappa shape index (κ3) is 6.83. The van der Waals surface area contributed by atoms with Gasteiger partial charge in [-0.3, -0.25) is 33.6 Å². The fourth-order valence-electron chi connectivity index (χ4n) is 13.5. The Kier molecular flexibility index (Phi) is 12.3. The molecular formula is C47H60O16. The summed E-state index contributed by atoms with van der Waals surface area (Å²) in [5.74, 6) is -9.89. The fraction of sp³-hybridized carbons (Fsp3) is 0.660. The van der Waals surface area contributed by atoms with E-state index >= 15 is 0 Å². The van der Waals surface area contributed by atoms with Crippen LogP contribution >= 0.6 is 0 Å². The largest absolute Gasteiger partial charge is 0.469 e. The van der Waals surface area contributed by atoms with Crippen molar-refractivity contribution >= 4 is 47.8 Å². The summed E-state index contributed by atoms with van der Waals surface area (Å²) in [6.07, 6.45) is -3.81. The molecule has 2 spiro atoms. The lowest BCUT2D eigenvalue weighted by molar-refractivity contribution is -0.281. The summed E-state index contributed by atoms with van der Waals surface area (Å²) in [4.78, 5) is 110. The molecule has 4 aliphatic carbocycles. The molecular weight excluding hydrogens is 821 g/mol. The second-order valence-electron chi connectivity index (χ2n) is 19.1. The van der Waals surface area contributed by atoms with Crippen molar-refractivity contribution in [1.82, 2.24) is 0 Å². The monoisotopic (exact) mass is 880 g/mol. The van der Waals surface area contributed by atoms with Crippen LogP contribution in [0.1, 0.15) is 105 Å². The molecule has 63 heavy (non-hydrogen) atoms. The Morgan fingerprint density at radius 1 is 0.825 bits per heavy atom. The Hall–Kier alpha value is -5.28. The molecule has 1 heterocycles. The maximum atomic E-state index is 14.7. The SMILES string of the molecule is COC(=O)C[C@@H]1[C@@](C)([C@@H](C)C(=O)OC)C[C@@H](OC(=O)c2ccccc2)[C@H]2[C@@]1(COC(C)=O)[C@@H](OC(C)=O)[C@H](C)[C@@]21C(C)=C[C@H](OC(C)=O)[C@@]2(C)[C@@H](OC(C)=O)C[C@]3(C)C[C@]21OC3=O. The third-order valence-corrected chi connectivity index (χ3v) is 15.9. The quantitative estimate of drug-likeness (QED) is 0.157. The lowest BCUT2D eigenvalue weighted by Crippen LogP contribution is -2.76. The van der Waals surface area contributed by atoms with Crippen LogP contribution in [0.5, 0.6) is 0 Å². The van der Waals surface area contributed by atoms with Crippen molar-refractivity contribution in [2.45, 2.75) is 125 Å². The maximum Gasteiger partial charge on any atom is 0.338 e. The molecule has 0 unspecified atom stereocenters. The van der Waals surface area contributed by atoms with Gasteiger partial charge in [0.05, 0.1) is 41.9 Å². The van der Waals surface area contributed by atoms with Crippen molar-refractivity contribution in [3.63, 3.8) is 0 Å². The highest BCUT2D eigenvalue weighted by Crippen LogP contribution is 2.82. The minimum atomic E-state index is -1.83. The number of hydrogen-bond acceptors (Lipinski definition) is 16. The second kappa shape index (κ2) is 16.4. The van der Waals surface area contributed by atoms with E-state index in [-0.39, 0.29) is 24.8 Å². The Balaban J connectivity index is 1.84. The average Bonchev–Trinajstić information content (AvgIpc) is 3.58. The Bertz CT molecular complexity index is 2110. The van der Waals surface area contributed by atoms with Gasteiger partial charge in [-0.05, 0) is 56.7 Å². The van der Waals surface area contributed by atoms with Gasteiger partial charge < -0.3 is 37.9 Å². The molecule has 16 nitrogen and oxygen atoms in total. The van der Waals surface area contributed by atoms with Crippen LogP contribution in [0, 0.1) is 50.7 Å². The summed E-state index contributed by atoms with van der Waals surface area (Å²) < 4.78 is 49.3. The third-order valence-electron chi connectivity index (χ3n) is 15.9. The van der Waals surface area contributed by atoms with E-state index in [4.69, 9.17) is 37.9 Å². The molecule has 2 bridgehead atoms. The number of carbonyl (C=O) groups is 8. The van der Waals surface area contributed by atoms with Gasteiger partial charge in [0.15, 0.2) is 0 Å². The van der Waals surface area contributed by atoms with E-state index in [2.05, 4.69) is 0 Å². The van der Waals surface area contributed by atoms with Gasteiger partial charge in [-0.2, -0.15) is 0 Å². The van der Waals surface area contributed by atoms with Crippen LogP contribution < -0.4 is 0 Å². The van der Waals surface area contributed by atoms with Crippen LogP contribution in [0.3, 0.4) is 0 Å². The predicted molar refractivity (Wildman–Crippen MR) is 219 cm³/mol. The molecule has 1 aromatic rings. The predicted octanol–water partition coefficient (Wildman–Crippen LogP) is 5.27. The first kappa shape index (κ1) is 47.2. The van der Waals surface area contributed by atoms with Gasteiger partial charge in [-0.15, -0.1) is 0 Å². The van der Waals surface area contributed by atoms with Gasteiger partial charge >= 0.3 is 47.8 Å². The summed E-state index contributed by atoms with van der Waals surface area (Å²) in [6, 6.07) is 8.20. The second-order valence-corrected chi connectivity index (χ2v) is 19.1. The number of hydrogen-bond donors (Lipinski definition) is 0. The van der Waals surface area contributed by atoms with Crippen molar-refractivity contribution in [3.8, 4) is 0 Å². The van der Waals surface area contributed by atoms with E-state index in [0.717, 1.165) is 0 Å². The van der Waals surface area contributed by atoms with E-state index in [1.54, 1.807) is 78.0 Å². The topological polar surface area (TPSA) is 210 Å². The molecule has 1 aliphatic heterocycles. The van der Waals surface area contributed by atoms with Crippen molar-refractivity contribution in [1.29, 1.82) is 0 Å². The molecule has 1 aromatic carbocycles. The molecule has 6 rings (SSSR count). The normalized spacial score (nSPS) is 39.0. The maximum absolute atomic E-state index is 14.7. The number of fused-ring (bicyclic) bond motifs is 3. The fourth-order valence-corrected chi connectivity index (χ4v) is 13.5. The van der Waals surface area contributed by atoms with Crippen LogP contribution in [-0.2, 0) is 71.5 Å². The van der Waals surface area contributed by atoms with Gasteiger partial charge in [0, 0.05) is 64.2 Å². The first-order valence-corrected chi connectivity index (χ1v) is 21.4. The summed E-state index contributed by atoms with van der Waals surface area (Å²) in [5, 5.41) is 0. The molecule has 3 saturated carbocycles. The summed E-state index contributed by atoms with van der Waals surface area (Å²) in [5.41, 5.74) is -8.87. The van der Waals surface area contributed by atoms with Gasteiger partial charge in [-0.25, -0.2) is 4.79 Å². The number of ether oxygens (including phenoxy) is 8. The summed E-state index contributed by atoms with van der Waals surface area (Å²) in [7, 11) is 2.43. The number of benzene rings is 1. The standard InChI is InChI=1S/C47H60O16/c1-24-18-34(59-28(5)49)44(10)35(60-29(6)50)21-42(8)22-46(44,63-41(42)55)47(24)25(2)38(61-30(7)51)45(23-58-27(4)48)33(19-36(52)56-11)43(9,26(3)39(53)57-12)20-32(37(45)47)62-40(54)31-16-14-13-15-17-31/h13-18,25-26,32-35,37-38H,19-23H2,1-12H3/t25-,26-,32+,33+,34-,35-,37-,38-,42+,43+,44-,45-,46-,47-/m0/s1. The first-order valence-electron chi connectivity index (χ1n) is 21.4. The zero-order valence-electron chi connectivity index (χ0n) is 38.2. The highest BCUT2D eigenvalue weighted by molar-refractivity contribution is 5.89. The van der Waals surface area contributed by atoms with E-state index in [1.165, 1.54) is 41.9 Å². The first-order chi connectivity index (χ1) is 29.4. The Labute approximate surface area is 367 Å². The van der Waals surface area contributed by atoms with Gasteiger partial charge in [0.1, 0.15) is 36.6 Å². The van der Waals surface area contributed by atoms with Gasteiger partial charge in [0.2, 0.25) is 0 Å². The molecule has 0 radical (unpaired) electrons. The molecule has 5 aliphatic rings. The number of methoxy groups -OCH3 is 2. The average molecular weight is 881 g/mol. The van der Waals surface area contributed by atoms with Gasteiger partial charge in [0.25, 0.3) is 0 Å². The van der Waals surface area contributed by atoms with Crippen molar-refractivity contribution in [2.24, 2.45) is 50.7 Å². The van der Waals surface area contributed by atoms with E-state index in [1.807, 2.05) is 0 Å². The highest BCUT2D eigenvalue weighted by Gasteiger charge is 2.90. The summed E-state index contributed by atoms with van der Waals surface area (Å²) >= 11 is 0.